The largest absolute Gasteiger partial charge is 0.394 e. The van der Waals surface area contributed by atoms with Crippen molar-refractivity contribution in [1.29, 1.82) is 0 Å². The smallest absolute Gasteiger partial charge is 0.252 e. The molecule has 1 unspecified atom stereocenters. The van der Waals surface area contributed by atoms with Gasteiger partial charge in [0.2, 0.25) is 5.95 Å². The van der Waals surface area contributed by atoms with Gasteiger partial charge in [-0.2, -0.15) is 4.98 Å². The molecule has 1 aliphatic heterocycles. The predicted molar refractivity (Wildman–Crippen MR) is 107 cm³/mol. The van der Waals surface area contributed by atoms with Crippen LogP contribution in [0.2, 0.25) is 0 Å². The second kappa shape index (κ2) is 6.76. The summed E-state index contributed by atoms with van der Waals surface area (Å²) in [5.74, 6) is 1.54. The molecule has 4 N–H and O–H groups in total. The lowest BCUT2D eigenvalue weighted by molar-refractivity contribution is 0.0940. The molecule has 2 heterocycles. The molecule has 0 spiro atoms. The highest BCUT2D eigenvalue weighted by molar-refractivity contribution is 9.10. The van der Waals surface area contributed by atoms with Crippen LogP contribution in [-0.2, 0) is 5.54 Å². The first-order chi connectivity index (χ1) is 12.9. The van der Waals surface area contributed by atoms with Crippen LogP contribution in [0, 0.1) is 5.92 Å². The third-order valence-corrected chi connectivity index (χ3v) is 5.65. The SMILES string of the molecule is CC1(C)NC(=O)c2ccc(Nc3ncc(Br)c(NC(CO)C4CC4)n3)cc21. The van der Waals surface area contributed by atoms with Gasteiger partial charge >= 0.3 is 0 Å². The van der Waals surface area contributed by atoms with Crippen molar-refractivity contribution in [2.45, 2.75) is 38.3 Å². The van der Waals surface area contributed by atoms with Gasteiger partial charge in [-0.15, -0.1) is 0 Å². The Morgan fingerprint density at radius 1 is 1.41 bits per heavy atom. The van der Waals surface area contributed by atoms with Crippen LogP contribution in [0.1, 0.15) is 42.6 Å². The lowest BCUT2D eigenvalue weighted by Crippen LogP contribution is -2.32. The van der Waals surface area contributed by atoms with Crippen molar-refractivity contribution in [1.82, 2.24) is 15.3 Å². The van der Waals surface area contributed by atoms with Crippen molar-refractivity contribution >= 4 is 39.3 Å². The number of anilines is 3. The van der Waals surface area contributed by atoms with E-state index in [1.54, 1.807) is 6.20 Å². The van der Waals surface area contributed by atoms with Crippen molar-refractivity contribution in [2.24, 2.45) is 5.92 Å². The molecule has 0 saturated heterocycles. The normalized spacial score (nSPS) is 18.6. The van der Waals surface area contributed by atoms with E-state index < -0.39 is 5.54 Å². The first-order valence-electron chi connectivity index (χ1n) is 9.01. The van der Waals surface area contributed by atoms with Crippen LogP contribution in [0.5, 0.6) is 0 Å². The van der Waals surface area contributed by atoms with E-state index in [2.05, 4.69) is 41.8 Å². The predicted octanol–water partition coefficient (Wildman–Crippen LogP) is 3.14. The number of nitrogens with zero attached hydrogens (tertiary/aromatic N) is 2. The number of halogens is 1. The highest BCUT2D eigenvalue weighted by Gasteiger charge is 2.35. The second-order valence-electron chi connectivity index (χ2n) is 7.63. The molecular formula is C19H22BrN5O2. The minimum atomic E-state index is -0.407. The standard InChI is InChI=1S/C19H22BrN5O2/c1-19(2)13-7-11(5-6-12(13)17(27)25-19)22-18-21-8-14(20)16(24-18)23-15(9-26)10-3-4-10/h5-8,10,15,26H,3-4,9H2,1-2H3,(H,25,27)(H2,21,22,23,24). The van der Waals surface area contributed by atoms with Crippen LogP contribution in [0.3, 0.4) is 0 Å². The molecule has 2 aliphatic rings. The van der Waals surface area contributed by atoms with Gasteiger partial charge in [-0.1, -0.05) is 0 Å². The summed E-state index contributed by atoms with van der Waals surface area (Å²) in [6, 6.07) is 5.61. The van der Waals surface area contributed by atoms with Gasteiger partial charge in [0.15, 0.2) is 0 Å². The van der Waals surface area contributed by atoms with Crippen molar-refractivity contribution < 1.29 is 9.90 Å². The highest BCUT2D eigenvalue weighted by atomic mass is 79.9. The number of hydrogen-bond acceptors (Lipinski definition) is 6. The van der Waals surface area contributed by atoms with Gasteiger partial charge in [0, 0.05) is 17.4 Å². The molecule has 2 aromatic rings. The molecule has 1 aliphatic carbocycles. The number of nitrogens with one attached hydrogen (secondary N) is 3. The number of fused-ring (bicyclic) bond motifs is 1. The minimum Gasteiger partial charge on any atom is -0.394 e. The maximum absolute atomic E-state index is 12.0. The number of hydrogen-bond donors (Lipinski definition) is 4. The fourth-order valence-corrected chi connectivity index (χ4v) is 3.71. The first kappa shape index (κ1) is 18.2. The fraction of sp³-hybridized carbons (Fsp3) is 0.421. The molecule has 1 aromatic carbocycles. The van der Waals surface area contributed by atoms with Crippen molar-refractivity contribution in [3.05, 3.63) is 40.0 Å². The summed E-state index contributed by atoms with van der Waals surface area (Å²) in [5, 5.41) is 19.1. The van der Waals surface area contributed by atoms with Crippen LogP contribution >= 0.6 is 15.9 Å². The van der Waals surface area contributed by atoms with Gasteiger partial charge in [0.25, 0.3) is 5.91 Å². The maximum atomic E-state index is 12.0. The Labute approximate surface area is 166 Å². The monoisotopic (exact) mass is 431 g/mol. The zero-order valence-corrected chi connectivity index (χ0v) is 16.8. The molecule has 7 nitrogen and oxygen atoms in total. The van der Waals surface area contributed by atoms with Crippen LogP contribution in [0.4, 0.5) is 17.5 Å². The van der Waals surface area contributed by atoms with Crippen molar-refractivity contribution in [3.8, 4) is 0 Å². The number of aliphatic hydroxyl groups excluding tert-OH is 1. The molecule has 0 radical (unpaired) electrons. The number of carbonyl (C=O) groups is 1. The Morgan fingerprint density at radius 2 is 2.19 bits per heavy atom. The highest BCUT2D eigenvalue weighted by Crippen LogP contribution is 2.35. The molecule has 142 valence electrons. The summed E-state index contributed by atoms with van der Waals surface area (Å²) in [6.45, 7) is 4.03. The summed E-state index contributed by atoms with van der Waals surface area (Å²) >= 11 is 3.46. The molecular weight excluding hydrogens is 410 g/mol. The summed E-state index contributed by atoms with van der Waals surface area (Å²) in [4.78, 5) is 20.9. The zero-order chi connectivity index (χ0) is 19.2. The Bertz CT molecular complexity index is 898. The third kappa shape index (κ3) is 3.64. The van der Waals surface area contributed by atoms with E-state index >= 15 is 0 Å². The molecule has 8 heteroatoms. The number of rotatable bonds is 6. The van der Waals surface area contributed by atoms with Crippen molar-refractivity contribution in [3.63, 3.8) is 0 Å². The average Bonchev–Trinajstić information content (AvgIpc) is 3.43. The number of aliphatic hydroxyl groups is 1. The summed E-state index contributed by atoms with van der Waals surface area (Å²) in [7, 11) is 0. The third-order valence-electron chi connectivity index (χ3n) is 5.07. The van der Waals surface area contributed by atoms with Crippen LogP contribution < -0.4 is 16.0 Å². The van der Waals surface area contributed by atoms with Gasteiger partial charge in [0.05, 0.1) is 22.7 Å². The average molecular weight is 432 g/mol. The molecule has 27 heavy (non-hydrogen) atoms. The van der Waals surface area contributed by atoms with Crippen LogP contribution in [0.15, 0.2) is 28.9 Å². The lowest BCUT2D eigenvalue weighted by atomic mass is 9.94. The van der Waals surface area contributed by atoms with Gasteiger partial charge in [-0.25, -0.2) is 4.98 Å². The molecule has 0 bridgehead atoms. The van der Waals surface area contributed by atoms with E-state index in [0.717, 1.165) is 28.6 Å². The van der Waals surface area contributed by atoms with Crippen LogP contribution in [-0.4, -0.2) is 33.6 Å². The van der Waals surface area contributed by atoms with Crippen molar-refractivity contribution in [2.75, 3.05) is 17.2 Å². The summed E-state index contributed by atoms with van der Waals surface area (Å²) in [6.07, 6.45) is 3.94. The van der Waals surface area contributed by atoms with E-state index in [9.17, 15) is 9.90 Å². The molecule has 1 atom stereocenters. The number of benzene rings is 1. The molecule has 1 amide bonds. The minimum absolute atomic E-state index is 0.00179. The second-order valence-corrected chi connectivity index (χ2v) is 8.48. The number of amides is 1. The summed E-state index contributed by atoms with van der Waals surface area (Å²) in [5.41, 5.74) is 2.05. The lowest BCUT2D eigenvalue weighted by Gasteiger charge is -2.20. The van der Waals surface area contributed by atoms with E-state index in [-0.39, 0.29) is 18.6 Å². The maximum Gasteiger partial charge on any atom is 0.252 e. The Balaban J connectivity index is 1.56. The van der Waals surface area contributed by atoms with E-state index in [1.807, 2.05) is 32.0 Å². The quantitative estimate of drug-likeness (QED) is 0.560. The molecule has 1 aromatic heterocycles. The number of carbonyl (C=O) groups excluding carboxylic acids is 1. The van der Waals surface area contributed by atoms with Gasteiger partial charge in [-0.3, -0.25) is 4.79 Å². The van der Waals surface area contributed by atoms with Gasteiger partial charge < -0.3 is 21.1 Å². The fourth-order valence-electron chi connectivity index (χ4n) is 3.40. The summed E-state index contributed by atoms with van der Waals surface area (Å²) < 4.78 is 0.747. The molecule has 1 fully saturated rings. The number of aromatic nitrogens is 2. The van der Waals surface area contributed by atoms with Gasteiger partial charge in [-0.05, 0) is 72.3 Å². The van der Waals surface area contributed by atoms with E-state index in [1.165, 1.54) is 0 Å². The Kier molecular flexibility index (Phi) is 4.55. The van der Waals surface area contributed by atoms with E-state index in [0.29, 0.717) is 23.2 Å². The van der Waals surface area contributed by atoms with Gasteiger partial charge in [0.1, 0.15) is 5.82 Å². The topological polar surface area (TPSA) is 99.2 Å². The zero-order valence-electron chi connectivity index (χ0n) is 15.2. The Hall–Kier alpha value is -2.19. The first-order valence-corrected chi connectivity index (χ1v) is 9.80. The Morgan fingerprint density at radius 3 is 2.89 bits per heavy atom. The molecule has 4 rings (SSSR count). The van der Waals surface area contributed by atoms with E-state index in [4.69, 9.17) is 0 Å². The molecule has 1 saturated carbocycles. The van der Waals surface area contributed by atoms with Crippen LogP contribution in [0.25, 0.3) is 0 Å².